The van der Waals surface area contributed by atoms with Crippen molar-refractivity contribution in [1.29, 1.82) is 0 Å². The second-order valence-electron chi connectivity index (χ2n) is 0.894. The molecule has 0 bridgehead atoms. The van der Waals surface area contributed by atoms with Gasteiger partial charge < -0.3 is 38.5 Å². The van der Waals surface area contributed by atoms with E-state index in [1.54, 1.807) is 0 Å². The average Bonchev–Trinajstić information content (AvgIpc) is 1.12. The standard InChI is InChI=1S/3B.2H3O4P.3Sr/c;;;2*1-5(2,3)4;;;/h;;;2*(H3,1,2,3,4);;;/q;;;;;3*+2/p-6. The first-order valence-electron chi connectivity index (χ1n) is 1.46. The van der Waals surface area contributed by atoms with E-state index in [9.17, 15) is 0 Å². The number of rotatable bonds is 0. The Morgan fingerprint density at radius 1 is 0.500 bits per heavy atom. The first-order chi connectivity index (χ1) is 4.00. The minimum absolute atomic E-state index is 0. The van der Waals surface area contributed by atoms with Gasteiger partial charge in [0.15, 0.2) is 0 Å². The smallest absolute Gasteiger partial charge is 0.822 e. The molecule has 0 aliphatic carbocycles. The first-order valence-corrected chi connectivity index (χ1v) is 4.38. The molecular weight excluding hydrogens is 485 g/mol. The molecule has 0 rings (SSSR count). The summed E-state index contributed by atoms with van der Waals surface area (Å²) >= 11 is 0. The normalized spacial score (nSPS) is 7.38. The summed E-state index contributed by atoms with van der Waals surface area (Å²) in [6.45, 7) is 0. The summed E-state index contributed by atoms with van der Waals surface area (Å²) in [5.74, 6) is 0. The second kappa shape index (κ2) is 24.8. The van der Waals surface area contributed by atoms with E-state index >= 15 is 0 Å². The van der Waals surface area contributed by atoms with Gasteiger partial charge in [-0.2, -0.15) is 15.6 Å². The third-order valence-corrected chi connectivity index (χ3v) is 0. The molecule has 0 unspecified atom stereocenters. The van der Waals surface area contributed by atoms with Gasteiger partial charge in [-0.05, 0) is 0 Å². The van der Waals surface area contributed by atoms with Crippen molar-refractivity contribution in [1.82, 2.24) is 0 Å². The van der Waals surface area contributed by atoms with Crippen molar-refractivity contribution in [2.75, 3.05) is 0 Å². The van der Waals surface area contributed by atoms with Gasteiger partial charge in [0, 0.05) is 25.2 Å². The van der Waals surface area contributed by atoms with Crippen molar-refractivity contribution in [3.8, 4) is 0 Å². The number of phosphoric acid groups is 2. The molecule has 0 aliphatic rings. The zero-order chi connectivity index (χ0) is 9.00. The van der Waals surface area contributed by atoms with Gasteiger partial charge in [-0.25, -0.2) is 0 Å². The minimum atomic E-state index is -5.39. The third kappa shape index (κ3) is 255. The molecule has 0 saturated heterocycles. The van der Waals surface area contributed by atoms with Crippen LogP contribution in [0.25, 0.3) is 0 Å². The third-order valence-electron chi connectivity index (χ3n) is 0. The molecule has 16 heavy (non-hydrogen) atoms. The van der Waals surface area contributed by atoms with Gasteiger partial charge >= 0.3 is 136 Å². The molecule has 8 nitrogen and oxygen atoms in total. The van der Waals surface area contributed by atoms with Crippen LogP contribution in [0.4, 0.5) is 0 Å². The van der Waals surface area contributed by atoms with Crippen LogP contribution in [0, 0.1) is 0 Å². The van der Waals surface area contributed by atoms with Crippen molar-refractivity contribution in [3.05, 3.63) is 0 Å². The van der Waals surface area contributed by atoms with Gasteiger partial charge in [0.1, 0.15) is 0 Å². The Balaban J connectivity index is -0.00000000970. The van der Waals surface area contributed by atoms with Crippen LogP contribution in [-0.2, 0) is 9.13 Å². The topological polar surface area (TPSA) is 172 Å². The molecule has 0 aliphatic heterocycles. The van der Waals surface area contributed by atoms with Crippen LogP contribution in [0.5, 0.6) is 0 Å². The maximum Gasteiger partial charge on any atom is 2.00 e. The Kier molecular flexibility index (Phi) is 77.3. The molecule has 9 radical (unpaired) electrons. The van der Waals surface area contributed by atoms with Gasteiger partial charge in [-0.15, -0.1) is 0 Å². The van der Waals surface area contributed by atoms with Crippen LogP contribution in [0.2, 0.25) is 0 Å². The molecule has 0 aromatic rings. The Morgan fingerprint density at radius 3 is 0.500 bits per heavy atom. The molecule has 0 aromatic heterocycles. The van der Waals surface area contributed by atoms with E-state index in [-0.39, 0.29) is 162 Å². The maximum atomic E-state index is 8.55. The number of hydrogen-bond donors (Lipinski definition) is 0. The summed E-state index contributed by atoms with van der Waals surface area (Å²) in [5.41, 5.74) is 0. The van der Waals surface area contributed by atoms with E-state index in [2.05, 4.69) is 0 Å². The van der Waals surface area contributed by atoms with E-state index in [1.807, 2.05) is 0 Å². The van der Waals surface area contributed by atoms with Crippen LogP contribution in [0.1, 0.15) is 0 Å². The minimum Gasteiger partial charge on any atom is -0.822 e. The molecule has 0 fully saturated rings. The summed E-state index contributed by atoms with van der Waals surface area (Å²) < 4.78 is 17.1. The first kappa shape index (κ1) is 49.8. The molecule has 0 spiro atoms. The molecule has 0 aromatic carbocycles. The van der Waals surface area contributed by atoms with Crippen LogP contribution >= 0.6 is 15.6 Å². The van der Waals surface area contributed by atoms with E-state index in [1.165, 1.54) is 0 Å². The van der Waals surface area contributed by atoms with Gasteiger partial charge in [0.2, 0.25) is 0 Å². The van der Waals surface area contributed by atoms with E-state index in [0.29, 0.717) is 0 Å². The number of hydrogen-bond acceptors (Lipinski definition) is 8. The van der Waals surface area contributed by atoms with Gasteiger partial charge in [-0.3, -0.25) is 0 Å². The van der Waals surface area contributed by atoms with Crippen LogP contribution in [0.15, 0.2) is 0 Å². The van der Waals surface area contributed by atoms with Crippen LogP contribution in [-0.4, -0.2) is 162 Å². The fourth-order valence-corrected chi connectivity index (χ4v) is 0. The van der Waals surface area contributed by atoms with Crippen molar-refractivity contribution < 1.29 is 38.5 Å². The van der Waals surface area contributed by atoms with Crippen molar-refractivity contribution in [2.24, 2.45) is 0 Å². The molecule has 0 heterocycles. The molecule has 16 heteroatoms. The van der Waals surface area contributed by atoms with Crippen molar-refractivity contribution >= 4 is 177 Å². The maximum absolute atomic E-state index is 8.55. The SMILES string of the molecule is O=P([O-])([O-])[O-].O=P([O-])([O-])[O-].[B].[B].[B].[Sr+2].[Sr+2].[Sr+2]. The van der Waals surface area contributed by atoms with Crippen molar-refractivity contribution in [3.63, 3.8) is 0 Å². The quantitative estimate of drug-likeness (QED) is 0.240. The van der Waals surface area contributed by atoms with Gasteiger partial charge in [0.05, 0.1) is 0 Å². The van der Waals surface area contributed by atoms with Gasteiger partial charge in [0.25, 0.3) is 0 Å². The molecule has 0 atom stereocenters. The summed E-state index contributed by atoms with van der Waals surface area (Å²) in [6.07, 6.45) is 0. The van der Waals surface area contributed by atoms with Crippen molar-refractivity contribution in [2.45, 2.75) is 0 Å². The molecule has 0 saturated carbocycles. The zero-order valence-electron chi connectivity index (χ0n) is 8.01. The monoisotopic (exact) mass is 487 g/mol. The summed E-state index contributed by atoms with van der Waals surface area (Å²) in [5, 5.41) is 0. The molecular formula is B3O8P2Sr3. The van der Waals surface area contributed by atoms with Gasteiger partial charge in [-0.1, -0.05) is 0 Å². The Morgan fingerprint density at radius 2 is 0.500 bits per heavy atom. The predicted octanol–water partition coefficient (Wildman–Crippen LogP) is -7.93. The summed E-state index contributed by atoms with van der Waals surface area (Å²) in [4.78, 5) is 51.3. The Hall–Kier alpha value is 4.86. The van der Waals surface area contributed by atoms with Crippen LogP contribution in [0.3, 0.4) is 0 Å². The average molecular weight is 485 g/mol. The Bertz CT molecular complexity index is 141. The molecule has 73 valence electrons. The molecule has 0 amide bonds. The fourth-order valence-electron chi connectivity index (χ4n) is 0. The molecule has 0 N–H and O–H groups in total. The van der Waals surface area contributed by atoms with E-state index in [0.717, 1.165) is 0 Å². The second-order valence-corrected chi connectivity index (χ2v) is 2.68. The zero-order valence-corrected chi connectivity index (χ0v) is 20.2. The fraction of sp³-hybridized carbons (Fsp3) is 0. The van der Waals surface area contributed by atoms with E-state index < -0.39 is 15.6 Å². The van der Waals surface area contributed by atoms with E-state index in [4.69, 9.17) is 38.5 Å². The predicted molar refractivity (Wildman–Crippen MR) is 49.7 cm³/mol. The summed E-state index contributed by atoms with van der Waals surface area (Å²) in [7, 11) is -10.8. The van der Waals surface area contributed by atoms with Crippen LogP contribution < -0.4 is 29.4 Å². The largest absolute Gasteiger partial charge is 2.00 e. The summed E-state index contributed by atoms with van der Waals surface area (Å²) in [6, 6.07) is 0. The Labute approximate surface area is 210 Å².